The Morgan fingerprint density at radius 3 is 2.58 bits per heavy atom. The standard InChI is InChI=1S/C8H18N2OS/c1-4-7(8(9)11)10-5-6(2)12-3/h6-7,10H,4-5H2,1-3H3,(H2,9,11). The summed E-state index contributed by atoms with van der Waals surface area (Å²) in [5.41, 5.74) is 5.17. The van der Waals surface area contributed by atoms with E-state index in [-0.39, 0.29) is 11.9 Å². The average Bonchev–Trinajstić information content (AvgIpc) is 2.04. The Morgan fingerprint density at radius 2 is 2.25 bits per heavy atom. The molecule has 0 radical (unpaired) electrons. The van der Waals surface area contributed by atoms with E-state index in [1.54, 1.807) is 11.8 Å². The predicted molar refractivity (Wildman–Crippen MR) is 54.3 cm³/mol. The van der Waals surface area contributed by atoms with Gasteiger partial charge in [-0.25, -0.2) is 0 Å². The molecule has 0 aliphatic rings. The molecule has 0 heterocycles. The Kier molecular flexibility index (Phi) is 6.20. The van der Waals surface area contributed by atoms with Crippen molar-refractivity contribution >= 4 is 17.7 Å². The number of thioether (sulfide) groups is 1. The van der Waals surface area contributed by atoms with Crippen LogP contribution in [0.15, 0.2) is 0 Å². The number of amides is 1. The van der Waals surface area contributed by atoms with Crippen molar-refractivity contribution in [1.29, 1.82) is 0 Å². The number of primary amides is 1. The zero-order valence-corrected chi connectivity index (χ0v) is 8.78. The highest BCUT2D eigenvalue weighted by molar-refractivity contribution is 7.99. The fraction of sp³-hybridized carbons (Fsp3) is 0.875. The van der Waals surface area contributed by atoms with Crippen molar-refractivity contribution in [3.63, 3.8) is 0 Å². The van der Waals surface area contributed by atoms with Gasteiger partial charge >= 0.3 is 0 Å². The van der Waals surface area contributed by atoms with E-state index in [4.69, 9.17) is 5.73 Å². The molecule has 0 aromatic heterocycles. The molecule has 0 aliphatic carbocycles. The van der Waals surface area contributed by atoms with E-state index in [9.17, 15) is 4.79 Å². The smallest absolute Gasteiger partial charge is 0.234 e. The maximum absolute atomic E-state index is 10.8. The lowest BCUT2D eigenvalue weighted by atomic mass is 10.2. The molecule has 1 amide bonds. The summed E-state index contributed by atoms with van der Waals surface area (Å²) in [6, 6.07) is -0.167. The molecule has 0 aliphatic heterocycles. The minimum Gasteiger partial charge on any atom is -0.368 e. The van der Waals surface area contributed by atoms with Gasteiger partial charge in [0.25, 0.3) is 0 Å². The molecule has 72 valence electrons. The molecule has 0 saturated heterocycles. The summed E-state index contributed by atoms with van der Waals surface area (Å²) < 4.78 is 0. The van der Waals surface area contributed by atoms with Gasteiger partial charge in [-0.2, -0.15) is 11.8 Å². The first-order valence-corrected chi connectivity index (χ1v) is 5.46. The zero-order chi connectivity index (χ0) is 9.56. The molecule has 4 heteroatoms. The lowest BCUT2D eigenvalue weighted by Crippen LogP contribution is -2.42. The third-order valence-electron chi connectivity index (χ3n) is 1.81. The lowest BCUT2D eigenvalue weighted by Gasteiger charge is -2.15. The lowest BCUT2D eigenvalue weighted by molar-refractivity contribution is -0.120. The second-order valence-electron chi connectivity index (χ2n) is 2.82. The fourth-order valence-electron chi connectivity index (χ4n) is 0.838. The van der Waals surface area contributed by atoms with Gasteiger partial charge in [0.05, 0.1) is 6.04 Å². The second kappa shape index (κ2) is 6.31. The molecule has 0 bridgehead atoms. The summed E-state index contributed by atoms with van der Waals surface area (Å²) in [7, 11) is 0. The molecule has 0 aromatic rings. The molecule has 12 heavy (non-hydrogen) atoms. The Bertz CT molecular complexity index is 141. The maximum Gasteiger partial charge on any atom is 0.234 e. The third-order valence-corrected chi connectivity index (χ3v) is 2.78. The first-order valence-electron chi connectivity index (χ1n) is 4.17. The number of nitrogens with one attached hydrogen (secondary N) is 1. The SMILES string of the molecule is CCC(NCC(C)SC)C(N)=O. The minimum absolute atomic E-state index is 0.167. The van der Waals surface area contributed by atoms with E-state index in [1.807, 2.05) is 6.92 Å². The molecule has 2 unspecified atom stereocenters. The molecule has 0 saturated carbocycles. The first kappa shape index (κ1) is 11.8. The van der Waals surface area contributed by atoms with Crippen LogP contribution in [0.1, 0.15) is 20.3 Å². The molecule has 0 aromatic carbocycles. The van der Waals surface area contributed by atoms with Crippen molar-refractivity contribution in [2.24, 2.45) is 5.73 Å². The molecular weight excluding hydrogens is 172 g/mol. The number of hydrogen-bond acceptors (Lipinski definition) is 3. The van der Waals surface area contributed by atoms with Crippen LogP contribution >= 0.6 is 11.8 Å². The summed E-state index contributed by atoms with van der Waals surface area (Å²) in [6.45, 7) is 4.90. The summed E-state index contributed by atoms with van der Waals surface area (Å²) >= 11 is 1.77. The number of rotatable bonds is 6. The van der Waals surface area contributed by atoms with E-state index >= 15 is 0 Å². The quantitative estimate of drug-likeness (QED) is 0.644. The van der Waals surface area contributed by atoms with E-state index in [2.05, 4.69) is 18.5 Å². The molecular formula is C8H18N2OS. The highest BCUT2D eigenvalue weighted by Gasteiger charge is 2.12. The van der Waals surface area contributed by atoms with Gasteiger partial charge in [0.1, 0.15) is 0 Å². The zero-order valence-electron chi connectivity index (χ0n) is 7.96. The number of carbonyl (C=O) groups excluding carboxylic acids is 1. The Labute approximate surface area is 78.5 Å². The first-order chi connectivity index (χ1) is 5.61. The molecule has 3 nitrogen and oxygen atoms in total. The topological polar surface area (TPSA) is 55.1 Å². The van der Waals surface area contributed by atoms with E-state index in [0.29, 0.717) is 5.25 Å². The van der Waals surface area contributed by atoms with Gasteiger partial charge in [0.2, 0.25) is 5.91 Å². The van der Waals surface area contributed by atoms with Crippen LogP contribution in [0.3, 0.4) is 0 Å². The molecule has 0 fully saturated rings. The van der Waals surface area contributed by atoms with Gasteiger partial charge in [0.15, 0.2) is 0 Å². The van der Waals surface area contributed by atoms with E-state index in [1.165, 1.54) is 0 Å². The Morgan fingerprint density at radius 1 is 1.67 bits per heavy atom. The van der Waals surface area contributed by atoms with E-state index in [0.717, 1.165) is 13.0 Å². The van der Waals surface area contributed by atoms with Crippen LogP contribution in [0.25, 0.3) is 0 Å². The van der Waals surface area contributed by atoms with Crippen molar-refractivity contribution in [2.75, 3.05) is 12.8 Å². The van der Waals surface area contributed by atoms with Gasteiger partial charge in [-0.3, -0.25) is 4.79 Å². The van der Waals surface area contributed by atoms with Gasteiger partial charge in [0, 0.05) is 11.8 Å². The summed E-state index contributed by atoms with van der Waals surface area (Å²) in [4.78, 5) is 10.8. The van der Waals surface area contributed by atoms with Gasteiger partial charge in [-0.1, -0.05) is 13.8 Å². The van der Waals surface area contributed by atoms with Crippen LogP contribution in [0.4, 0.5) is 0 Å². The van der Waals surface area contributed by atoms with Crippen LogP contribution < -0.4 is 11.1 Å². The van der Waals surface area contributed by atoms with Gasteiger partial charge in [-0.05, 0) is 12.7 Å². The number of carbonyl (C=O) groups is 1. The molecule has 2 atom stereocenters. The summed E-state index contributed by atoms with van der Waals surface area (Å²) in [5, 5.41) is 3.65. The largest absolute Gasteiger partial charge is 0.368 e. The fourth-order valence-corrected chi connectivity index (χ4v) is 1.10. The van der Waals surface area contributed by atoms with E-state index < -0.39 is 0 Å². The van der Waals surface area contributed by atoms with Crippen LogP contribution in [0.5, 0.6) is 0 Å². The van der Waals surface area contributed by atoms with Crippen LogP contribution in [-0.4, -0.2) is 30.0 Å². The third kappa shape index (κ3) is 4.62. The van der Waals surface area contributed by atoms with Crippen LogP contribution in [0, 0.1) is 0 Å². The monoisotopic (exact) mass is 190 g/mol. The Balaban J connectivity index is 3.65. The van der Waals surface area contributed by atoms with Crippen molar-refractivity contribution in [3.8, 4) is 0 Å². The van der Waals surface area contributed by atoms with Crippen molar-refractivity contribution in [2.45, 2.75) is 31.6 Å². The second-order valence-corrected chi connectivity index (χ2v) is 4.09. The Hall–Kier alpha value is -0.220. The van der Waals surface area contributed by atoms with Crippen molar-refractivity contribution in [1.82, 2.24) is 5.32 Å². The van der Waals surface area contributed by atoms with Crippen molar-refractivity contribution in [3.05, 3.63) is 0 Å². The van der Waals surface area contributed by atoms with Gasteiger partial charge in [-0.15, -0.1) is 0 Å². The molecule has 0 spiro atoms. The normalized spacial score (nSPS) is 15.6. The summed E-state index contributed by atoms with van der Waals surface area (Å²) in [5.74, 6) is -0.259. The summed E-state index contributed by atoms with van der Waals surface area (Å²) in [6.07, 6.45) is 2.81. The minimum atomic E-state index is -0.259. The van der Waals surface area contributed by atoms with Crippen LogP contribution in [0.2, 0.25) is 0 Å². The number of nitrogens with two attached hydrogens (primary N) is 1. The maximum atomic E-state index is 10.8. The highest BCUT2D eigenvalue weighted by atomic mass is 32.2. The van der Waals surface area contributed by atoms with Gasteiger partial charge < -0.3 is 11.1 Å². The number of hydrogen-bond donors (Lipinski definition) is 2. The molecule has 3 N–H and O–H groups in total. The van der Waals surface area contributed by atoms with Crippen molar-refractivity contribution < 1.29 is 4.79 Å². The predicted octanol–water partition coefficient (Wildman–Crippen LogP) is 0.591. The molecule has 0 rings (SSSR count). The highest BCUT2D eigenvalue weighted by Crippen LogP contribution is 2.03. The van der Waals surface area contributed by atoms with Crippen LogP contribution in [-0.2, 0) is 4.79 Å². The average molecular weight is 190 g/mol.